The number of amides is 1. The lowest BCUT2D eigenvalue weighted by atomic mass is 9.91. The molecule has 2 aliphatic rings. The molecule has 23 heavy (non-hydrogen) atoms. The zero-order chi connectivity index (χ0) is 16.5. The minimum Gasteiger partial charge on any atom is -0.416 e. The largest absolute Gasteiger partial charge is 0.416 e. The lowest BCUT2D eigenvalue weighted by Gasteiger charge is -2.33. The van der Waals surface area contributed by atoms with Gasteiger partial charge in [0.2, 0.25) is 5.89 Å². The molecule has 1 N–H and O–H groups in total. The fraction of sp³-hybridized carbons (Fsp3) is 0.812. The van der Waals surface area contributed by atoms with Crippen LogP contribution >= 0.6 is 0 Å². The maximum Gasteiger partial charge on any atom is 0.308 e. The number of carbonyl (C=O) groups excluding carboxylic acids is 1. The van der Waals surface area contributed by atoms with Crippen molar-refractivity contribution in [2.75, 3.05) is 19.8 Å². The molecule has 7 heteroatoms. The van der Waals surface area contributed by atoms with Crippen LogP contribution < -0.4 is 5.32 Å². The fourth-order valence-corrected chi connectivity index (χ4v) is 3.05. The molecule has 1 amide bonds. The Bertz CT molecular complexity index is 558. The van der Waals surface area contributed by atoms with Crippen molar-refractivity contribution in [3.05, 3.63) is 11.8 Å². The molecule has 3 heterocycles. The van der Waals surface area contributed by atoms with Gasteiger partial charge in [-0.05, 0) is 25.7 Å². The summed E-state index contributed by atoms with van der Waals surface area (Å²) in [6.07, 6.45) is 3.91. The fourth-order valence-electron chi connectivity index (χ4n) is 3.05. The van der Waals surface area contributed by atoms with Gasteiger partial charge in [-0.3, -0.25) is 4.79 Å². The molecule has 0 bridgehead atoms. The third-order valence-electron chi connectivity index (χ3n) is 4.49. The summed E-state index contributed by atoms with van der Waals surface area (Å²) in [6, 6.07) is 0. The molecule has 2 fully saturated rings. The van der Waals surface area contributed by atoms with E-state index in [4.69, 9.17) is 13.9 Å². The molecule has 0 unspecified atom stereocenters. The van der Waals surface area contributed by atoms with Crippen LogP contribution in [-0.2, 0) is 14.9 Å². The van der Waals surface area contributed by atoms with Gasteiger partial charge in [0, 0.05) is 25.2 Å². The van der Waals surface area contributed by atoms with Crippen LogP contribution in [-0.4, -0.2) is 47.6 Å². The number of nitrogens with one attached hydrogen (secondary N) is 1. The van der Waals surface area contributed by atoms with Gasteiger partial charge >= 0.3 is 11.8 Å². The van der Waals surface area contributed by atoms with Crippen LogP contribution in [0.1, 0.15) is 63.0 Å². The first-order valence-electron chi connectivity index (χ1n) is 8.26. The predicted octanol–water partition coefficient (Wildman–Crippen LogP) is 1.83. The lowest BCUT2D eigenvalue weighted by molar-refractivity contribution is -0.102. The summed E-state index contributed by atoms with van der Waals surface area (Å²) in [4.78, 5) is 12.1. The summed E-state index contributed by atoms with van der Waals surface area (Å²) in [7, 11) is 0. The summed E-state index contributed by atoms with van der Waals surface area (Å²) in [5.74, 6) is 0.124. The van der Waals surface area contributed by atoms with E-state index in [1.54, 1.807) is 0 Å². The molecule has 1 aromatic heterocycles. The minimum absolute atomic E-state index is 0.00806. The van der Waals surface area contributed by atoms with E-state index < -0.39 is 0 Å². The van der Waals surface area contributed by atoms with Gasteiger partial charge < -0.3 is 19.2 Å². The van der Waals surface area contributed by atoms with Crippen molar-refractivity contribution < 1.29 is 18.7 Å². The van der Waals surface area contributed by atoms with Crippen LogP contribution in [0.25, 0.3) is 0 Å². The van der Waals surface area contributed by atoms with Crippen molar-refractivity contribution in [1.29, 1.82) is 0 Å². The van der Waals surface area contributed by atoms with Gasteiger partial charge in [0.15, 0.2) is 0 Å². The second kappa shape index (κ2) is 6.20. The van der Waals surface area contributed by atoms with Crippen molar-refractivity contribution in [2.24, 2.45) is 0 Å². The number of rotatable bonds is 3. The van der Waals surface area contributed by atoms with E-state index >= 15 is 0 Å². The smallest absolute Gasteiger partial charge is 0.308 e. The molecule has 0 aliphatic carbocycles. The van der Waals surface area contributed by atoms with Crippen LogP contribution in [0.4, 0.5) is 0 Å². The maximum absolute atomic E-state index is 12.1. The van der Waals surface area contributed by atoms with E-state index in [9.17, 15) is 4.79 Å². The van der Waals surface area contributed by atoms with Crippen LogP contribution in [0.5, 0.6) is 0 Å². The van der Waals surface area contributed by atoms with Crippen molar-refractivity contribution >= 4 is 5.91 Å². The highest BCUT2D eigenvalue weighted by molar-refractivity contribution is 5.89. The van der Waals surface area contributed by atoms with E-state index in [1.807, 2.05) is 20.8 Å². The van der Waals surface area contributed by atoms with Gasteiger partial charge in [-0.15, -0.1) is 10.2 Å². The Kier molecular flexibility index (Phi) is 4.42. The molecule has 0 saturated carbocycles. The van der Waals surface area contributed by atoms with Crippen molar-refractivity contribution in [3.8, 4) is 0 Å². The lowest BCUT2D eigenvalue weighted by Crippen LogP contribution is -2.39. The van der Waals surface area contributed by atoms with E-state index in [-0.39, 0.29) is 28.9 Å². The monoisotopic (exact) mass is 323 g/mol. The highest BCUT2D eigenvalue weighted by Crippen LogP contribution is 2.38. The average Bonchev–Trinajstić information content (AvgIpc) is 3.13. The van der Waals surface area contributed by atoms with E-state index in [2.05, 4.69) is 15.5 Å². The standard InChI is InChI=1S/C16H25N3O4/c1-15(2,3)14-19-18-13(22-14)12(20)17-10-11-4-5-16(23-11)6-8-21-9-7-16/h11H,4-10H2,1-3H3,(H,17,20)/t11-/m1/s1. The zero-order valence-electron chi connectivity index (χ0n) is 14.1. The van der Waals surface area contributed by atoms with Gasteiger partial charge in [0.1, 0.15) is 0 Å². The Morgan fingerprint density at radius 2 is 2.00 bits per heavy atom. The summed E-state index contributed by atoms with van der Waals surface area (Å²) in [5, 5.41) is 10.6. The van der Waals surface area contributed by atoms with Crippen LogP contribution in [0.2, 0.25) is 0 Å². The third-order valence-corrected chi connectivity index (χ3v) is 4.49. The highest BCUT2D eigenvalue weighted by atomic mass is 16.5. The van der Waals surface area contributed by atoms with Crippen molar-refractivity contribution in [2.45, 2.75) is 63.6 Å². The molecular weight excluding hydrogens is 298 g/mol. The van der Waals surface area contributed by atoms with Gasteiger partial charge in [0.25, 0.3) is 0 Å². The Morgan fingerprint density at radius 1 is 1.26 bits per heavy atom. The molecule has 0 aromatic carbocycles. The first kappa shape index (κ1) is 16.4. The Hall–Kier alpha value is -1.47. The van der Waals surface area contributed by atoms with E-state index in [0.29, 0.717) is 12.4 Å². The second-order valence-electron chi connectivity index (χ2n) is 7.45. The molecule has 3 rings (SSSR count). The molecular formula is C16H25N3O4. The molecule has 1 aromatic rings. The zero-order valence-corrected chi connectivity index (χ0v) is 14.1. The summed E-state index contributed by atoms with van der Waals surface area (Å²) in [6.45, 7) is 7.87. The summed E-state index contributed by atoms with van der Waals surface area (Å²) in [5.41, 5.74) is -0.312. The van der Waals surface area contributed by atoms with Crippen LogP contribution in [0, 0.1) is 0 Å². The first-order chi connectivity index (χ1) is 10.9. The van der Waals surface area contributed by atoms with Crippen LogP contribution in [0.15, 0.2) is 4.42 Å². The highest BCUT2D eigenvalue weighted by Gasteiger charge is 2.41. The van der Waals surface area contributed by atoms with Gasteiger partial charge in [-0.1, -0.05) is 20.8 Å². The Morgan fingerprint density at radius 3 is 2.65 bits per heavy atom. The molecule has 7 nitrogen and oxygen atoms in total. The number of aromatic nitrogens is 2. The molecule has 128 valence electrons. The Labute approximate surface area is 136 Å². The SMILES string of the molecule is CC(C)(C)c1nnc(C(=O)NC[C@H]2CCC3(CCOCC3)O2)o1. The third kappa shape index (κ3) is 3.72. The topological polar surface area (TPSA) is 86.5 Å². The quantitative estimate of drug-likeness (QED) is 0.913. The number of nitrogens with zero attached hydrogens (tertiary/aromatic N) is 2. The van der Waals surface area contributed by atoms with Crippen LogP contribution in [0.3, 0.4) is 0 Å². The van der Waals surface area contributed by atoms with Gasteiger partial charge in [-0.2, -0.15) is 0 Å². The minimum atomic E-state index is -0.343. The maximum atomic E-state index is 12.1. The van der Waals surface area contributed by atoms with Gasteiger partial charge in [-0.25, -0.2) is 0 Å². The van der Waals surface area contributed by atoms with Crippen molar-refractivity contribution in [3.63, 3.8) is 0 Å². The molecule has 1 atom stereocenters. The predicted molar refractivity (Wildman–Crippen MR) is 82.2 cm³/mol. The van der Waals surface area contributed by atoms with E-state index in [0.717, 1.165) is 38.9 Å². The Balaban J connectivity index is 1.51. The number of hydrogen-bond acceptors (Lipinski definition) is 6. The second-order valence-corrected chi connectivity index (χ2v) is 7.45. The average molecular weight is 323 g/mol. The number of carbonyl (C=O) groups is 1. The van der Waals surface area contributed by atoms with Crippen molar-refractivity contribution in [1.82, 2.24) is 15.5 Å². The first-order valence-corrected chi connectivity index (χ1v) is 8.26. The van der Waals surface area contributed by atoms with Gasteiger partial charge in [0.05, 0.1) is 11.7 Å². The number of hydrogen-bond donors (Lipinski definition) is 1. The summed E-state index contributed by atoms with van der Waals surface area (Å²) < 4.78 is 17.0. The summed E-state index contributed by atoms with van der Waals surface area (Å²) >= 11 is 0. The normalized spacial score (nSPS) is 24.0. The molecule has 0 radical (unpaired) electrons. The van der Waals surface area contributed by atoms with E-state index in [1.165, 1.54) is 0 Å². The molecule has 2 aliphatic heterocycles. The molecule has 2 saturated heterocycles. The number of ether oxygens (including phenoxy) is 2. The molecule has 1 spiro atoms.